The molecule has 2 heteroatoms. The fourth-order valence-electron chi connectivity index (χ4n) is 2.15. The number of hydrogen-bond donors (Lipinski definition) is 1. The molecule has 2 atom stereocenters. The van der Waals surface area contributed by atoms with Crippen molar-refractivity contribution in [2.45, 2.75) is 51.6 Å². The number of nitrogens with zero attached hydrogens (tertiary/aromatic N) is 1. The van der Waals surface area contributed by atoms with Crippen molar-refractivity contribution in [2.75, 3.05) is 19.6 Å². The molecule has 2 unspecified atom stereocenters. The molecule has 1 aliphatic heterocycles. The molecule has 1 aliphatic rings. The lowest BCUT2D eigenvalue weighted by atomic mass is 10.0. The van der Waals surface area contributed by atoms with E-state index >= 15 is 0 Å². The first kappa shape index (κ1) is 12.5. The molecule has 0 radical (unpaired) electrons. The molecule has 1 fully saturated rings. The lowest BCUT2D eigenvalue weighted by Crippen LogP contribution is -2.39. The second-order valence-corrected chi connectivity index (χ2v) is 4.58. The Morgan fingerprint density at radius 1 is 1.53 bits per heavy atom. The van der Waals surface area contributed by atoms with E-state index in [9.17, 15) is 0 Å². The van der Waals surface area contributed by atoms with E-state index in [-0.39, 0.29) is 6.04 Å². The summed E-state index contributed by atoms with van der Waals surface area (Å²) in [5.41, 5.74) is 0. The normalized spacial score (nSPS) is 24.7. The maximum atomic E-state index is 5.30. The van der Waals surface area contributed by atoms with Crippen molar-refractivity contribution in [3.63, 3.8) is 0 Å². The Labute approximate surface area is 94.4 Å². The number of likely N-dealkylation sites (tertiary alicyclic amines) is 1. The van der Waals surface area contributed by atoms with Gasteiger partial charge in [0, 0.05) is 6.04 Å². The maximum Gasteiger partial charge on any atom is 0.0658 e. The number of nitrogens with one attached hydrogen (secondary N) is 1. The van der Waals surface area contributed by atoms with Gasteiger partial charge >= 0.3 is 0 Å². The average molecular weight is 208 g/mol. The summed E-state index contributed by atoms with van der Waals surface area (Å²) in [5.74, 6) is 2.69. The predicted octanol–water partition coefficient (Wildman–Crippen LogP) is 1.86. The summed E-state index contributed by atoms with van der Waals surface area (Å²) in [5, 5.41) is 3.32. The van der Waals surface area contributed by atoms with Crippen molar-refractivity contribution in [1.82, 2.24) is 10.2 Å². The molecule has 2 nitrogen and oxygen atoms in total. The Bertz CT molecular complexity index is 207. The minimum absolute atomic E-state index is 0.212. The molecule has 0 saturated carbocycles. The van der Waals surface area contributed by atoms with Crippen LogP contribution in [0.1, 0.15) is 39.5 Å². The van der Waals surface area contributed by atoms with Gasteiger partial charge in [-0.25, -0.2) is 0 Å². The minimum atomic E-state index is 0.212. The zero-order valence-corrected chi connectivity index (χ0v) is 10.1. The highest BCUT2D eigenvalue weighted by Crippen LogP contribution is 2.15. The molecule has 0 aromatic heterocycles. The van der Waals surface area contributed by atoms with Crippen molar-refractivity contribution in [3.8, 4) is 12.3 Å². The Morgan fingerprint density at radius 3 is 3.00 bits per heavy atom. The molecule has 0 amide bonds. The summed E-state index contributed by atoms with van der Waals surface area (Å²) in [7, 11) is 0. The van der Waals surface area contributed by atoms with Crippen LogP contribution in [0.2, 0.25) is 0 Å². The van der Waals surface area contributed by atoms with Crippen LogP contribution in [0.25, 0.3) is 0 Å². The minimum Gasteiger partial charge on any atom is -0.304 e. The first-order chi connectivity index (χ1) is 7.24. The molecule has 15 heavy (non-hydrogen) atoms. The van der Waals surface area contributed by atoms with Crippen molar-refractivity contribution >= 4 is 0 Å². The topological polar surface area (TPSA) is 15.3 Å². The maximum absolute atomic E-state index is 5.30. The molecule has 86 valence electrons. The van der Waals surface area contributed by atoms with Gasteiger partial charge in [-0.2, -0.15) is 0 Å². The fraction of sp³-hybridized carbons (Fsp3) is 0.846. The van der Waals surface area contributed by atoms with Crippen LogP contribution in [0.3, 0.4) is 0 Å². The number of terminal acetylenes is 1. The van der Waals surface area contributed by atoms with E-state index in [0.717, 1.165) is 12.6 Å². The molecular weight excluding hydrogens is 184 g/mol. The zero-order chi connectivity index (χ0) is 11.1. The second kappa shape index (κ2) is 6.87. The Balaban J connectivity index is 2.06. The third-order valence-corrected chi connectivity index (χ3v) is 3.26. The second-order valence-electron chi connectivity index (χ2n) is 4.58. The Morgan fingerprint density at radius 2 is 2.33 bits per heavy atom. The van der Waals surface area contributed by atoms with Crippen LogP contribution >= 0.6 is 0 Å². The van der Waals surface area contributed by atoms with Crippen molar-refractivity contribution in [3.05, 3.63) is 0 Å². The van der Waals surface area contributed by atoms with Crippen LogP contribution in [0.4, 0.5) is 0 Å². The van der Waals surface area contributed by atoms with E-state index in [1.54, 1.807) is 0 Å². The molecule has 1 rings (SSSR count). The highest BCUT2D eigenvalue weighted by Gasteiger charge is 2.16. The highest BCUT2D eigenvalue weighted by atomic mass is 15.2. The van der Waals surface area contributed by atoms with Crippen LogP contribution in [0, 0.1) is 12.3 Å². The van der Waals surface area contributed by atoms with Crippen LogP contribution in [-0.4, -0.2) is 36.6 Å². The van der Waals surface area contributed by atoms with Crippen molar-refractivity contribution in [1.29, 1.82) is 0 Å². The smallest absolute Gasteiger partial charge is 0.0658 e. The fourth-order valence-corrected chi connectivity index (χ4v) is 2.15. The van der Waals surface area contributed by atoms with Crippen LogP contribution in [0.5, 0.6) is 0 Å². The third kappa shape index (κ3) is 4.68. The van der Waals surface area contributed by atoms with Gasteiger partial charge < -0.3 is 10.2 Å². The largest absolute Gasteiger partial charge is 0.304 e. The van der Waals surface area contributed by atoms with Crippen LogP contribution < -0.4 is 5.32 Å². The molecule has 0 aliphatic carbocycles. The van der Waals surface area contributed by atoms with Gasteiger partial charge in [0.25, 0.3) is 0 Å². The standard InChI is InChI=1S/C13H24N2/c1-4-12(2)14-9-7-11-15-10-6-5-8-13(15)3/h1,12-14H,5-11H2,2-3H3. The first-order valence-corrected chi connectivity index (χ1v) is 6.17. The SMILES string of the molecule is C#CC(C)NCCCN1CCCCC1C. The molecular formula is C13H24N2. The summed E-state index contributed by atoms with van der Waals surface area (Å²) in [6.45, 7) is 7.91. The van der Waals surface area contributed by atoms with Gasteiger partial charge in [-0.1, -0.05) is 12.3 Å². The van der Waals surface area contributed by atoms with E-state index in [1.807, 2.05) is 6.92 Å². The van der Waals surface area contributed by atoms with Gasteiger partial charge in [0.15, 0.2) is 0 Å². The Hall–Kier alpha value is -0.520. The lowest BCUT2D eigenvalue weighted by molar-refractivity contribution is 0.159. The summed E-state index contributed by atoms with van der Waals surface area (Å²) in [6, 6.07) is 0.993. The summed E-state index contributed by atoms with van der Waals surface area (Å²) >= 11 is 0. The quantitative estimate of drug-likeness (QED) is 0.548. The number of hydrogen-bond acceptors (Lipinski definition) is 2. The highest BCUT2D eigenvalue weighted by molar-refractivity contribution is 4.95. The number of piperidine rings is 1. The van der Waals surface area contributed by atoms with Gasteiger partial charge in [0.05, 0.1) is 6.04 Å². The van der Waals surface area contributed by atoms with E-state index in [4.69, 9.17) is 6.42 Å². The summed E-state index contributed by atoms with van der Waals surface area (Å²) in [6.07, 6.45) is 10.7. The molecule has 0 aromatic carbocycles. The lowest BCUT2D eigenvalue weighted by Gasteiger charge is -2.33. The average Bonchev–Trinajstić information content (AvgIpc) is 2.26. The molecule has 0 bridgehead atoms. The first-order valence-electron chi connectivity index (χ1n) is 6.17. The van der Waals surface area contributed by atoms with Crippen LogP contribution in [-0.2, 0) is 0 Å². The van der Waals surface area contributed by atoms with Crippen molar-refractivity contribution < 1.29 is 0 Å². The molecule has 1 heterocycles. The van der Waals surface area contributed by atoms with Gasteiger partial charge in [0.2, 0.25) is 0 Å². The van der Waals surface area contributed by atoms with E-state index in [0.29, 0.717) is 0 Å². The molecule has 0 aromatic rings. The van der Waals surface area contributed by atoms with E-state index in [2.05, 4.69) is 23.1 Å². The predicted molar refractivity (Wildman–Crippen MR) is 65.8 cm³/mol. The van der Waals surface area contributed by atoms with Gasteiger partial charge in [-0.05, 0) is 52.7 Å². The zero-order valence-electron chi connectivity index (χ0n) is 10.1. The van der Waals surface area contributed by atoms with Gasteiger partial charge in [-0.3, -0.25) is 0 Å². The number of rotatable bonds is 5. The monoisotopic (exact) mass is 208 g/mol. The Kier molecular flexibility index (Phi) is 5.75. The summed E-state index contributed by atoms with van der Waals surface area (Å²) < 4.78 is 0. The van der Waals surface area contributed by atoms with E-state index < -0.39 is 0 Å². The van der Waals surface area contributed by atoms with E-state index in [1.165, 1.54) is 38.8 Å². The van der Waals surface area contributed by atoms with Gasteiger partial charge in [-0.15, -0.1) is 6.42 Å². The van der Waals surface area contributed by atoms with Gasteiger partial charge in [0.1, 0.15) is 0 Å². The molecule has 1 saturated heterocycles. The summed E-state index contributed by atoms with van der Waals surface area (Å²) in [4.78, 5) is 2.60. The third-order valence-electron chi connectivity index (χ3n) is 3.26. The van der Waals surface area contributed by atoms with Crippen molar-refractivity contribution in [2.24, 2.45) is 0 Å². The van der Waals surface area contributed by atoms with Crippen LogP contribution in [0.15, 0.2) is 0 Å². The molecule has 1 N–H and O–H groups in total. The molecule has 0 spiro atoms.